The Morgan fingerprint density at radius 1 is 1.20 bits per heavy atom. The van der Waals surface area contributed by atoms with E-state index in [-0.39, 0.29) is 34.6 Å². The van der Waals surface area contributed by atoms with Crippen molar-refractivity contribution in [2.45, 2.75) is 69.7 Å². The number of hydrogen-bond acceptors (Lipinski definition) is 4. The van der Waals surface area contributed by atoms with Gasteiger partial charge in [0.2, 0.25) is 0 Å². The standard InChI is InChI=1S/C18H28N2O3S2/c1-3-12(4-2)17(21)19-18-20(14-8-11-5-6-13(14)7-11)15-9-25(22,23)10-16(15)24-18/h11-16H,3-10H2,1-2H3. The highest BCUT2D eigenvalue weighted by Gasteiger charge is 2.54. The number of amidine groups is 1. The molecule has 2 aliphatic heterocycles. The summed E-state index contributed by atoms with van der Waals surface area (Å²) in [5.74, 6) is 1.87. The second-order valence-corrected chi connectivity index (χ2v) is 11.6. The molecule has 2 saturated heterocycles. The summed E-state index contributed by atoms with van der Waals surface area (Å²) in [7, 11) is -2.96. The first-order valence-electron chi connectivity index (χ1n) is 9.69. The number of fused-ring (bicyclic) bond motifs is 3. The number of aliphatic imine (C=N–C) groups is 1. The summed E-state index contributed by atoms with van der Waals surface area (Å²) < 4.78 is 24.3. The van der Waals surface area contributed by atoms with E-state index in [2.05, 4.69) is 9.89 Å². The molecular weight excluding hydrogens is 356 g/mol. The van der Waals surface area contributed by atoms with Crippen molar-refractivity contribution < 1.29 is 13.2 Å². The van der Waals surface area contributed by atoms with Gasteiger partial charge >= 0.3 is 0 Å². The van der Waals surface area contributed by atoms with Gasteiger partial charge in [-0.3, -0.25) is 4.79 Å². The van der Waals surface area contributed by atoms with Crippen molar-refractivity contribution in [2.75, 3.05) is 11.5 Å². The van der Waals surface area contributed by atoms with E-state index in [1.54, 1.807) is 11.8 Å². The number of sulfone groups is 1. The van der Waals surface area contributed by atoms with E-state index in [1.165, 1.54) is 19.3 Å². The van der Waals surface area contributed by atoms with Gasteiger partial charge in [0.05, 0.1) is 17.5 Å². The molecule has 0 N–H and O–H groups in total. The maximum absolute atomic E-state index is 12.6. The van der Waals surface area contributed by atoms with E-state index in [4.69, 9.17) is 0 Å². The van der Waals surface area contributed by atoms with Crippen LogP contribution in [0.25, 0.3) is 0 Å². The van der Waals surface area contributed by atoms with Gasteiger partial charge < -0.3 is 4.90 Å². The van der Waals surface area contributed by atoms with Crippen LogP contribution in [0, 0.1) is 17.8 Å². The minimum Gasteiger partial charge on any atom is -0.343 e. The van der Waals surface area contributed by atoms with Crippen LogP contribution in [-0.4, -0.2) is 53.2 Å². The van der Waals surface area contributed by atoms with Crippen molar-refractivity contribution in [2.24, 2.45) is 22.7 Å². The highest BCUT2D eigenvalue weighted by Crippen LogP contribution is 2.51. The molecule has 4 rings (SSSR count). The first-order chi connectivity index (χ1) is 11.9. The highest BCUT2D eigenvalue weighted by atomic mass is 32.2. The van der Waals surface area contributed by atoms with Gasteiger partial charge in [-0.05, 0) is 43.9 Å². The predicted octanol–water partition coefficient (Wildman–Crippen LogP) is 2.71. The van der Waals surface area contributed by atoms with Gasteiger partial charge in [-0.25, -0.2) is 8.42 Å². The van der Waals surface area contributed by atoms with Gasteiger partial charge in [0.15, 0.2) is 15.0 Å². The third-order valence-electron chi connectivity index (χ3n) is 6.71. The van der Waals surface area contributed by atoms with E-state index < -0.39 is 9.84 Å². The van der Waals surface area contributed by atoms with Gasteiger partial charge in [-0.2, -0.15) is 4.99 Å². The third kappa shape index (κ3) is 3.15. The van der Waals surface area contributed by atoms with Gasteiger partial charge in [0, 0.05) is 17.2 Å². The fourth-order valence-corrected chi connectivity index (χ4v) is 9.33. The molecule has 140 valence electrons. The molecule has 4 aliphatic rings. The number of amides is 1. The normalized spacial score (nSPS) is 40.4. The summed E-state index contributed by atoms with van der Waals surface area (Å²) in [5.41, 5.74) is 0. The highest BCUT2D eigenvalue weighted by molar-refractivity contribution is 8.15. The molecule has 25 heavy (non-hydrogen) atoms. The van der Waals surface area contributed by atoms with E-state index >= 15 is 0 Å². The van der Waals surface area contributed by atoms with Crippen molar-refractivity contribution >= 4 is 32.7 Å². The first-order valence-corrected chi connectivity index (χ1v) is 12.4. The molecule has 5 atom stereocenters. The molecule has 5 nitrogen and oxygen atoms in total. The van der Waals surface area contributed by atoms with Gasteiger partial charge in [0.1, 0.15) is 0 Å². The number of carbonyl (C=O) groups is 1. The van der Waals surface area contributed by atoms with Crippen molar-refractivity contribution in [3.8, 4) is 0 Å². The fraction of sp³-hybridized carbons (Fsp3) is 0.889. The van der Waals surface area contributed by atoms with Crippen LogP contribution >= 0.6 is 11.8 Å². The lowest BCUT2D eigenvalue weighted by Crippen LogP contribution is -2.47. The fourth-order valence-electron chi connectivity index (χ4n) is 5.35. The van der Waals surface area contributed by atoms with Crippen molar-refractivity contribution in [1.82, 2.24) is 4.90 Å². The molecule has 7 heteroatoms. The Morgan fingerprint density at radius 2 is 1.96 bits per heavy atom. The lowest BCUT2D eigenvalue weighted by molar-refractivity contribution is -0.121. The van der Waals surface area contributed by atoms with E-state index in [9.17, 15) is 13.2 Å². The molecule has 0 aromatic rings. The van der Waals surface area contributed by atoms with Crippen LogP contribution in [0.15, 0.2) is 4.99 Å². The molecule has 0 spiro atoms. The Hall–Kier alpha value is -0.560. The molecule has 2 aliphatic carbocycles. The van der Waals surface area contributed by atoms with E-state index in [1.807, 2.05) is 13.8 Å². The van der Waals surface area contributed by atoms with Crippen LogP contribution < -0.4 is 0 Å². The number of carbonyl (C=O) groups excluding carboxylic acids is 1. The third-order valence-corrected chi connectivity index (χ3v) is 9.93. The Balaban J connectivity index is 1.63. The number of nitrogens with zero attached hydrogens (tertiary/aromatic N) is 2. The van der Waals surface area contributed by atoms with E-state index in [0.717, 1.165) is 30.3 Å². The Morgan fingerprint density at radius 3 is 2.56 bits per heavy atom. The maximum Gasteiger partial charge on any atom is 0.251 e. The minimum atomic E-state index is -2.96. The maximum atomic E-state index is 12.6. The second-order valence-electron chi connectivity index (χ2n) is 8.20. The molecule has 2 heterocycles. The Kier molecular flexibility index (Phi) is 4.67. The summed E-state index contributed by atoms with van der Waals surface area (Å²) in [5, 5.41) is 0.872. The zero-order valence-corrected chi connectivity index (χ0v) is 16.7. The zero-order valence-electron chi connectivity index (χ0n) is 15.1. The van der Waals surface area contributed by atoms with Crippen LogP contribution in [0.4, 0.5) is 0 Å². The molecule has 1 amide bonds. The summed E-state index contributed by atoms with van der Waals surface area (Å²) in [6, 6.07) is 0.412. The molecule has 4 fully saturated rings. The average molecular weight is 385 g/mol. The van der Waals surface area contributed by atoms with Gasteiger partial charge in [0.25, 0.3) is 5.91 Å². The minimum absolute atomic E-state index is 0.0147. The SMILES string of the molecule is CCC(CC)C(=O)N=C1SC2CS(=O)(=O)CC2N1C1CC2CCC1C2. The van der Waals surface area contributed by atoms with Gasteiger partial charge in [-0.1, -0.05) is 32.0 Å². The number of hydrogen-bond donors (Lipinski definition) is 0. The molecule has 5 unspecified atom stereocenters. The number of rotatable bonds is 4. The van der Waals surface area contributed by atoms with Crippen molar-refractivity contribution in [3.63, 3.8) is 0 Å². The Bertz CT molecular complexity index is 686. The summed E-state index contributed by atoms with van der Waals surface area (Å²) in [4.78, 5) is 19.4. The summed E-state index contributed by atoms with van der Waals surface area (Å²) in [6.45, 7) is 4.06. The van der Waals surface area contributed by atoms with Crippen LogP contribution in [0.1, 0.15) is 52.4 Å². The topological polar surface area (TPSA) is 66.8 Å². The largest absolute Gasteiger partial charge is 0.343 e. The van der Waals surface area contributed by atoms with E-state index in [0.29, 0.717) is 12.0 Å². The van der Waals surface area contributed by atoms with Crippen molar-refractivity contribution in [1.29, 1.82) is 0 Å². The summed E-state index contributed by atoms with van der Waals surface area (Å²) in [6.07, 6.45) is 6.59. The van der Waals surface area contributed by atoms with Crippen LogP contribution in [0.5, 0.6) is 0 Å². The predicted molar refractivity (Wildman–Crippen MR) is 101 cm³/mol. The monoisotopic (exact) mass is 384 g/mol. The number of thioether (sulfide) groups is 1. The lowest BCUT2D eigenvalue weighted by Gasteiger charge is -2.36. The van der Waals surface area contributed by atoms with Crippen LogP contribution in [0.2, 0.25) is 0 Å². The zero-order chi connectivity index (χ0) is 17.8. The molecule has 0 radical (unpaired) electrons. The lowest BCUT2D eigenvalue weighted by atomic mass is 9.93. The average Bonchev–Trinajstić information content (AvgIpc) is 3.27. The molecular formula is C18H28N2O3S2. The molecule has 2 bridgehead atoms. The first kappa shape index (κ1) is 17.8. The quantitative estimate of drug-likeness (QED) is 0.745. The smallest absolute Gasteiger partial charge is 0.251 e. The molecule has 0 aromatic heterocycles. The second kappa shape index (κ2) is 6.55. The van der Waals surface area contributed by atoms with Crippen LogP contribution in [0.3, 0.4) is 0 Å². The van der Waals surface area contributed by atoms with Gasteiger partial charge in [-0.15, -0.1) is 0 Å². The molecule has 2 saturated carbocycles. The Labute approximate surface area is 154 Å². The van der Waals surface area contributed by atoms with Crippen LogP contribution in [-0.2, 0) is 14.6 Å². The summed E-state index contributed by atoms with van der Waals surface area (Å²) >= 11 is 1.55. The molecule has 0 aromatic carbocycles. The van der Waals surface area contributed by atoms with Crippen molar-refractivity contribution in [3.05, 3.63) is 0 Å².